The molecule has 1 atom stereocenters. The SMILES string of the molecule is COc1cc(C)cc(C(C)CO)c1Br. The molecule has 14 heavy (non-hydrogen) atoms. The van der Waals surface area contributed by atoms with E-state index in [4.69, 9.17) is 9.84 Å². The second-order valence-electron chi connectivity index (χ2n) is 3.45. The molecule has 0 fully saturated rings. The van der Waals surface area contributed by atoms with Crippen LogP contribution in [0.1, 0.15) is 24.0 Å². The maximum absolute atomic E-state index is 9.11. The highest BCUT2D eigenvalue weighted by atomic mass is 79.9. The molecule has 1 aromatic rings. The lowest BCUT2D eigenvalue weighted by molar-refractivity contribution is 0.272. The lowest BCUT2D eigenvalue weighted by Crippen LogP contribution is -2.01. The lowest BCUT2D eigenvalue weighted by Gasteiger charge is -2.14. The van der Waals surface area contributed by atoms with Crippen LogP contribution in [0.2, 0.25) is 0 Å². The van der Waals surface area contributed by atoms with Gasteiger partial charge in [-0.1, -0.05) is 13.0 Å². The molecule has 0 bridgehead atoms. The van der Waals surface area contributed by atoms with E-state index in [1.807, 2.05) is 19.9 Å². The van der Waals surface area contributed by atoms with Gasteiger partial charge in [0.2, 0.25) is 0 Å². The van der Waals surface area contributed by atoms with Crippen molar-refractivity contribution < 1.29 is 9.84 Å². The van der Waals surface area contributed by atoms with Crippen molar-refractivity contribution in [3.05, 3.63) is 27.7 Å². The molecule has 0 saturated heterocycles. The van der Waals surface area contributed by atoms with Crippen molar-refractivity contribution in [2.75, 3.05) is 13.7 Å². The second kappa shape index (κ2) is 4.80. The quantitative estimate of drug-likeness (QED) is 0.904. The molecule has 0 aliphatic rings. The third-order valence-electron chi connectivity index (χ3n) is 2.24. The minimum Gasteiger partial charge on any atom is -0.496 e. The Hall–Kier alpha value is -0.540. The topological polar surface area (TPSA) is 29.5 Å². The molecule has 78 valence electrons. The maximum atomic E-state index is 9.11. The van der Waals surface area contributed by atoms with Crippen LogP contribution in [0.3, 0.4) is 0 Å². The number of halogens is 1. The number of aryl methyl sites for hydroxylation is 1. The van der Waals surface area contributed by atoms with Crippen molar-refractivity contribution in [3.8, 4) is 5.75 Å². The van der Waals surface area contributed by atoms with Crippen LogP contribution in [0.5, 0.6) is 5.75 Å². The number of benzene rings is 1. The first-order valence-electron chi connectivity index (χ1n) is 4.55. The Balaban J connectivity index is 3.21. The number of aliphatic hydroxyl groups excluding tert-OH is 1. The van der Waals surface area contributed by atoms with Gasteiger partial charge in [-0.3, -0.25) is 0 Å². The zero-order valence-corrected chi connectivity index (χ0v) is 10.3. The predicted octanol–water partition coefficient (Wildman–Crippen LogP) is 2.86. The number of hydrogen-bond donors (Lipinski definition) is 1. The minimum atomic E-state index is 0.123. The molecule has 0 saturated carbocycles. The molecular weight excluding hydrogens is 244 g/mol. The average molecular weight is 259 g/mol. The summed E-state index contributed by atoms with van der Waals surface area (Å²) in [5, 5.41) is 9.11. The first-order chi connectivity index (χ1) is 6.60. The third kappa shape index (κ3) is 2.28. The lowest BCUT2D eigenvalue weighted by atomic mass is 10.00. The molecule has 2 nitrogen and oxygen atoms in total. The summed E-state index contributed by atoms with van der Waals surface area (Å²) < 4.78 is 6.17. The van der Waals surface area contributed by atoms with Crippen molar-refractivity contribution in [2.45, 2.75) is 19.8 Å². The van der Waals surface area contributed by atoms with Gasteiger partial charge in [-0.05, 0) is 40.0 Å². The minimum absolute atomic E-state index is 0.123. The molecule has 0 aliphatic carbocycles. The smallest absolute Gasteiger partial charge is 0.133 e. The number of hydrogen-bond acceptors (Lipinski definition) is 2. The van der Waals surface area contributed by atoms with E-state index in [1.165, 1.54) is 0 Å². The first-order valence-corrected chi connectivity index (χ1v) is 5.34. The molecule has 1 aromatic carbocycles. The Morgan fingerprint density at radius 1 is 1.50 bits per heavy atom. The Kier molecular flexibility index (Phi) is 3.96. The van der Waals surface area contributed by atoms with Crippen LogP contribution in [0, 0.1) is 6.92 Å². The van der Waals surface area contributed by atoms with E-state index in [1.54, 1.807) is 7.11 Å². The summed E-state index contributed by atoms with van der Waals surface area (Å²) in [4.78, 5) is 0. The Labute approximate surface area is 93.0 Å². The molecule has 0 amide bonds. The standard InChI is InChI=1S/C11H15BrO2/c1-7-4-9(8(2)6-13)11(12)10(5-7)14-3/h4-5,8,13H,6H2,1-3H3. The molecule has 3 heteroatoms. The molecule has 1 N–H and O–H groups in total. The van der Waals surface area contributed by atoms with E-state index < -0.39 is 0 Å². The molecule has 0 radical (unpaired) electrons. The third-order valence-corrected chi connectivity index (χ3v) is 3.09. The van der Waals surface area contributed by atoms with E-state index in [-0.39, 0.29) is 12.5 Å². The Bertz CT molecular complexity index is 323. The summed E-state index contributed by atoms with van der Waals surface area (Å²) in [6.07, 6.45) is 0. The van der Waals surface area contributed by atoms with Gasteiger partial charge in [-0.2, -0.15) is 0 Å². The normalized spacial score (nSPS) is 12.6. The van der Waals surface area contributed by atoms with E-state index in [0.717, 1.165) is 21.3 Å². The number of methoxy groups -OCH3 is 1. The van der Waals surface area contributed by atoms with Crippen LogP contribution in [0.4, 0.5) is 0 Å². The molecule has 0 aliphatic heterocycles. The van der Waals surface area contributed by atoms with Gasteiger partial charge in [0.15, 0.2) is 0 Å². The summed E-state index contributed by atoms with van der Waals surface area (Å²) in [5.41, 5.74) is 2.23. The molecular formula is C11H15BrO2. The van der Waals surface area contributed by atoms with Crippen LogP contribution >= 0.6 is 15.9 Å². The van der Waals surface area contributed by atoms with Crippen LogP contribution < -0.4 is 4.74 Å². The number of aliphatic hydroxyl groups is 1. The summed E-state index contributed by atoms with van der Waals surface area (Å²) in [6.45, 7) is 4.15. The summed E-state index contributed by atoms with van der Waals surface area (Å²) in [5.74, 6) is 0.943. The zero-order chi connectivity index (χ0) is 10.7. The fourth-order valence-electron chi connectivity index (χ4n) is 1.37. The van der Waals surface area contributed by atoms with Crippen LogP contribution in [0.15, 0.2) is 16.6 Å². The highest BCUT2D eigenvalue weighted by Gasteiger charge is 2.12. The largest absolute Gasteiger partial charge is 0.496 e. The van der Waals surface area contributed by atoms with Crippen molar-refractivity contribution in [1.82, 2.24) is 0 Å². The van der Waals surface area contributed by atoms with Gasteiger partial charge in [-0.15, -0.1) is 0 Å². The van der Waals surface area contributed by atoms with E-state index in [0.29, 0.717) is 0 Å². The molecule has 0 heterocycles. The predicted molar refractivity (Wildman–Crippen MR) is 60.9 cm³/mol. The van der Waals surface area contributed by atoms with Crippen molar-refractivity contribution in [1.29, 1.82) is 0 Å². The Morgan fingerprint density at radius 2 is 2.14 bits per heavy atom. The van der Waals surface area contributed by atoms with Crippen molar-refractivity contribution in [2.24, 2.45) is 0 Å². The summed E-state index contributed by atoms with van der Waals surface area (Å²) >= 11 is 3.48. The van der Waals surface area contributed by atoms with Gasteiger partial charge >= 0.3 is 0 Å². The highest BCUT2D eigenvalue weighted by Crippen LogP contribution is 2.34. The molecule has 1 unspecified atom stereocenters. The maximum Gasteiger partial charge on any atom is 0.133 e. The molecule has 1 rings (SSSR count). The molecule has 0 aromatic heterocycles. The summed E-state index contributed by atoms with van der Waals surface area (Å²) in [6, 6.07) is 4.03. The van der Waals surface area contributed by atoms with Crippen LogP contribution in [-0.4, -0.2) is 18.8 Å². The van der Waals surface area contributed by atoms with Gasteiger partial charge in [0.1, 0.15) is 5.75 Å². The zero-order valence-electron chi connectivity index (χ0n) is 8.67. The van der Waals surface area contributed by atoms with E-state index in [2.05, 4.69) is 22.0 Å². The Morgan fingerprint density at radius 3 is 2.64 bits per heavy atom. The summed E-state index contributed by atoms with van der Waals surface area (Å²) in [7, 11) is 1.65. The van der Waals surface area contributed by atoms with Gasteiger partial charge in [0.25, 0.3) is 0 Å². The van der Waals surface area contributed by atoms with Crippen LogP contribution in [-0.2, 0) is 0 Å². The fraction of sp³-hybridized carbons (Fsp3) is 0.455. The number of ether oxygens (including phenoxy) is 1. The number of rotatable bonds is 3. The first kappa shape index (κ1) is 11.5. The molecule has 0 spiro atoms. The van der Waals surface area contributed by atoms with Gasteiger partial charge < -0.3 is 9.84 Å². The van der Waals surface area contributed by atoms with Gasteiger partial charge in [0, 0.05) is 12.5 Å². The van der Waals surface area contributed by atoms with E-state index in [9.17, 15) is 0 Å². The van der Waals surface area contributed by atoms with Gasteiger partial charge in [-0.25, -0.2) is 0 Å². The van der Waals surface area contributed by atoms with E-state index >= 15 is 0 Å². The van der Waals surface area contributed by atoms with Crippen LogP contribution in [0.25, 0.3) is 0 Å². The van der Waals surface area contributed by atoms with Gasteiger partial charge in [0.05, 0.1) is 11.6 Å². The fourth-order valence-corrected chi connectivity index (χ4v) is 2.15. The van der Waals surface area contributed by atoms with Crippen molar-refractivity contribution in [3.63, 3.8) is 0 Å². The second-order valence-corrected chi connectivity index (χ2v) is 4.25. The monoisotopic (exact) mass is 258 g/mol. The average Bonchev–Trinajstić information content (AvgIpc) is 2.19. The van der Waals surface area contributed by atoms with Crippen molar-refractivity contribution >= 4 is 15.9 Å². The highest BCUT2D eigenvalue weighted by molar-refractivity contribution is 9.10.